The van der Waals surface area contributed by atoms with E-state index in [1.54, 1.807) is 6.07 Å². The van der Waals surface area contributed by atoms with Gasteiger partial charge in [-0.15, -0.1) is 0 Å². The summed E-state index contributed by atoms with van der Waals surface area (Å²) in [6.07, 6.45) is -11.1. The molecule has 0 bridgehead atoms. The lowest BCUT2D eigenvalue weighted by Crippen LogP contribution is -2.26. The van der Waals surface area contributed by atoms with Gasteiger partial charge in [-0.2, -0.15) is 31.4 Å². The molecule has 0 atom stereocenters. The van der Waals surface area contributed by atoms with E-state index in [1.165, 1.54) is 36.4 Å². The van der Waals surface area contributed by atoms with Crippen LogP contribution in [0.5, 0.6) is 11.5 Å². The van der Waals surface area contributed by atoms with Gasteiger partial charge < -0.3 is 14.9 Å². The number of benzene rings is 4. The van der Waals surface area contributed by atoms with E-state index in [1.807, 2.05) is 0 Å². The smallest absolute Gasteiger partial charge is 0.505 e. The number of ether oxygens (including phenoxy) is 1. The van der Waals surface area contributed by atoms with E-state index in [-0.39, 0.29) is 39.7 Å². The Hall–Kier alpha value is -5.53. The van der Waals surface area contributed by atoms with Crippen molar-refractivity contribution in [2.24, 2.45) is 5.10 Å². The first kappa shape index (κ1) is 29.0. The molecule has 220 valence electrons. The second-order valence-corrected chi connectivity index (χ2v) is 9.09. The monoisotopic (exact) mass is 601 g/mol. The average molecular weight is 601 g/mol. The maximum Gasteiger partial charge on any atom is 0.511 e. The van der Waals surface area contributed by atoms with Crippen molar-refractivity contribution in [3.05, 3.63) is 102 Å². The normalized spacial score (nSPS) is 14.1. The van der Waals surface area contributed by atoms with Crippen LogP contribution < -0.4 is 15.1 Å². The Bertz CT molecular complexity index is 1790. The highest BCUT2D eigenvalue weighted by molar-refractivity contribution is 6.55. The first-order valence-electron chi connectivity index (χ1n) is 12.1. The van der Waals surface area contributed by atoms with Crippen molar-refractivity contribution >= 4 is 34.8 Å². The fourth-order valence-electron chi connectivity index (χ4n) is 4.42. The van der Waals surface area contributed by atoms with E-state index in [0.717, 1.165) is 24.3 Å². The molecular weight excluding hydrogens is 584 g/mol. The van der Waals surface area contributed by atoms with Gasteiger partial charge in [0.05, 0.1) is 22.5 Å². The number of amides is 1. The minimum Gasteiger partial charge on any atom is -0.505 e. The third-order valence-corrected chi connectivity index (χ3v) is 6.33. The van der Waals surface area contributed by atoms with Gasteiger partial charge in [-0.3, -0.25) is 15.1 Å². The highest BCUT2D eigenvalue weighted by atomic mass is 19.4. The zero-order valence-corrected chi connectivity index (χ0v) is 21.4. The van der Waals surface area contributed by atoms with Gasteiger partial charge in [0.1, 0.15) is 11.5 Å². The fourth-order valence-corrected chi connectivity index (χ4v) is 4.42. The Balaban J connectivity index is 1.55. The number of phenolic OH excluding ortho intramolecular Hbond substituents is 1. The van der Waals surface area contributed by atoms with Crippen molar-refractivity contribution in [3.8, 4) is 22.6 Å². The van der Waals surface area contributed by atoms with Gasteiger partial charge in [0.2, 0.25) is 0 Å². The second-order valence-electron chi connectivity index (χ2n) is 9.09. The van der Waals surface area contributed by atoms with Crippen LogP contribution in [0.25, 0.3) is 11.1 Å². The van der Waals surface area contributed by atoms with E-state index in [2.05, 4.69) is 15.3 Å². The van der Waals surface area contributed by atoms with Gasteiger partial charge in [0, 0.05) is 16.8 Å². The number of nitrogens with zero attached hydrogens (tertiary/aromatic N) is 2. The number of aromatic hydroxyl groups is 1. The van der Waals surface area contributed by atoms with Crippen LogP contribution in [0.15, 0.2) is 90.0 Å². The summed E-state index contributed by atoms with van der Waals surface area (Å²) in [5.74, 6) is -1.42. The van der Waals surface area contributed by atoms with Crippen molar-refractivity contribution in [2.45, 2.75) is 12.4 Å². The van der Waals surface area contributed by atoms with Gasteiger partial charge in [-0.25, -0.2) is 4.79 Å². The van der Waals surface area contributed by atoms with Crippen molar-refractivity contribution in [1.82, 2.24) is 0 Å². The molecule has 0 aliphatic carbocycles. The molecule has 43 heavy (non-hydrogen) atoms. The number of phenols is 1. The summed E-state index contributed by atoms with van der Waals surface area (Å²) in [5.41, 5.74) is -0.442. The predicted octanol–water partition coefficient (Wildman–Crippen LogP) is 7.65. The van der Waals surface area contributed by atoms with Gasteiger partial charge >= 0.3 is 18.5 Å². The number of nitrogens with one attached hydrogen (secondary N) is 1. The standard InChI is InChI=1S/C29H17F6N3O5/c30-28(31,32)16-5-2-6-18(13-16)38-23-14-17(29(33,34)35)10-11-21(23)24(26(38)40)37-36-22-9-3-8-20(25(22)39)15-4-1-7-19(12-15)43-27(41)42/h1-14,36,39H,(H,41,42). The van der Waals surface area contributed by atoms with Crippen LogP contribution in [0.3, 0.4) is 0 Å². The fraction of sp³-hybridized carbons (Fsp3) is 0.0690. The molecule has 0 radical (unpaired) electrons. The number of hydrazone groups is 1. The number of para-hydroxylation sites is 1. The molecular formula is C29H17F6N3O5. The summed E-state index contributed by atoms with van der Waals surface area (Å²) >= 11 is 0. The average Bonchev–Trinajstić information content (AvgIpc) is 3.21. The SMILES string of the molecule is O=C(O)Oc1cccc(-c2cccc(NN=C3C(=O)N(c4cccc(C(F)(F)F)c4)c4cc(C(F)(F)F)ccc43)c2O)c1. The van der Waals surface area contributed by atoms with Crippen LogP contribution in [0.4, 0.5) is 48.2 Å². The van der Waals surface area contributed by atoms with Crippen LogP contribution in [0, 0.1) is 0 Å². The summed E-state index contributed by atoms with van der Waals surface area (Å²) in [6, 6.07) is 16.0. The minimum atomic E-state index is -4.81. The van der Waals surface area contributed by atoms with E-state index in [4.69, 9.17) is 5.11 Å². The molecule has 8 nitrogen and oxygen atoms in total. The molecule has 0 spiro atoms. The first-order chi connectivity index (χ1) is 20.2. The predicted molar refractivity (Wildman–Crippen MR) is 142 cm³/mol. The van der Waals surface area contributed by atoms with Crippen LogP contribution in [0.2, 0.25) is 0 Å². The lowest BCUT2D eigenvalue weighted by Gasteiger charge is -2.19. The molecule has 5 rings (SSSR count). The molecule has 4 aromatic carbocycles. The number of fused-ring (bicyclic) bond motifs is 1. The number of halogens is 6. The number of alkyl halides is 6. The van der Waals surface area contributed by atoms with Crippen LogP contribution in [-0.2, 0) is 17.1 Å². The molecule has 0 saturated heterocycles. The Morgan fingerprint density at radius 3 is 2.19 bits per heavy atom. The topological polar surface area (TPSA) is 111 Å². The highest BCUT2D eigenvalue weighted by Crippen LogP contribution is 2.42. The molecule has 0 fully saturated rings. The maximum absolute atomic E-state index is 13.5. The van der Waals surface area contributed by atoms with Gasteiger partial charge in [-0.05, 0) is 60.2 Å². The minimum absolute atomic E-state index is 0.0240. The molecule has 1 amide bonds. The summed E-state index contributed by atoms with van der Waals surface area (Å²) in [7, 11) is 0. The number of hydrogen-bond donors (Lipinski definition) is 3. The number of rotatable bonds is 5. The number of carboxylic acid groups (broad SMARTS) is 1. The third-order valence-electron chi connectivity index (χ3n) is 6.33. The lowest BCUT2D eigenvalue weighted by atomic mass is 10.0. The Kier molecular flexibility index (Phi) is 7.21. The van der Waals surface area contributed by atoms with Crippen LogP contribution >= 0.6 is 0 Å². The van der Waals surface area contributed by atoms with Crippen molar-refractivity contribution in [2.75, 3.05) is 10.3 Å². The molecule has 3 N–H and O–H groups in total. The lowest BCUT2D eigenvalue weighted by molar-refractivity contribution is -0.138. The molecule has 1 heterocycles. The molecule has 0 aromatic heterocycles. The molecule has 0 unspecified atom stereocenters. The van der Waals surface area contributed by atoms with Crippen molar-refractivity contribution < 1.29 is 50.9 Å². The number of carbonyl (C=O) groups is 2. The molecule has 1 aliphatic heterocycles. The van der Waals surface area contributed by atoms with Gasteiger partial charge in [-0.1, -0.05) is 30.3 Å². The van der Waals surface area contributed by atoms with Crippen molar-refractivity contribution in [3.63, 3.8) is 0 Å². The van der Waals surface area contributed by atoms with Gasteiger partial charge in [0.15, 0.2) is 5.71 Å². The zero-order valence-electron chi connectivity index (χ0n) is 21.4. The van der Waals surface area contributed by atoms with E-state index < -0.39 is 41.3 Å². The van der Waals surface area contributed by atoms with Gasteiger partial charge in [0.25, 0.3) is 5.91 Å². The second kappa shape index (κ2) is 10.7. The number of carbonyl (C=O) groups excluding carboxylic acids is 1. The summed E-state index contributed by atoms with van der Waals surface area (Å²) < 4.78 is 85.3. The Labute approximate surface area is 238 Å². The number of anilines is 3. The zero-order chi connectivity index (χ0) is 31.1. The van der Waals surface area contributed by atoms with E-state index in [9.17, 15) is 41.0 Å². The largest absolute Gasteiger partial charge is 0.511 e. The third kappa shape index (κ3) is 5.80. The highest BCUT2D eigenvalue weighted by Gasteiger charge is 2.40. The van der Waals surface area contributed by atoms with E-state index >= 15 is 0 Å². The summed E-state index contributed by atoms with van der Waals surface area (Å²) in [5, 5.41) is 23.8. The van der Waals surface area contributed by atoms with Crippen molar-refractivity contribution in [1.29, 1.82) is 0 Å². The molecule has 4 aromatic rings. The molecule has 1 aliphatic rings. The van der Waals surface area contributed by atoms with Crippen LogP contribution in [0.1, 0.15) is 16.7 Å². The summed E-state index contributed by atoms with van der Waals surface area (Å²) in [4.78, 5) is 25.0. The molecule has 14 heteroatoms. The molecule has 0 saturated carbocycles. The van der Waals surface area contributed by atoms with Crippen LogP contribution in [-0.4, -0.2) is 28.0 Å². The Morgan fingerprint density at radius 1 is 0.814 bits per heavy atom. The summed E-state index contributed by atoms with van der Waals surface area (Å²) in [6.45, 7) is 0. The maximum atomic E-state index is 13.5. The van der Waals surface area contributed by atoms with E-state index in [0.29, 0.717) is 28.7 Å². The first-order valence-corrected chi connectivity index (χ1v) is 12.1. The quantitative estimate of drug-likeness (QED) is 0.0713. The number of hydrogen-bond acceptors (Lipinski definition) is 6. The Morgan fingerprint density at radius 2 is 1.49 bits per heavy atom.